The number of aliphatic hydroxyl groups excluding tert-OH is 1. The molecule has 3 rings (SSSR count). The van der Waals surface area contributed by atoms with Crippen LogP contribution in [0.5, 0.6) is 0 Å². The van der Waals surface area contributed by atoms with Crippen LogP contribution in [0.2, 0.25) is 0 Å². The summed E-state index contributed by atoms with van der Waals surface area (Å²) in [6.07, 6.45) is -1.41. The van der Waals surface area contributed by atoms with E-state index in [9.17, 15) is 9.90 Å². The van der Waals surface area contributed by atoms with Crippen molar-refractivity contribution in [2.45, 2.75) is 19.2 Å². The molecule has 1 atom stereocenters. The van der Waals surface area contributed by atoms with Gasteiger partial charge in [0.25, 0.3) is 0 Å². The number of carbonyl (C=O) groups is 1. The lowest BCUT2D eigenvalue weighted by molar-refractivity contribution is -0.147. The van der Waals surface area contributed by atoms with Crippen molar-refractivity contribution < 1.29 is 15.0 Å². The molecule has 0 aromatic heterocycles. The molecule has 0 bridgehead atoms. The molecule has 0 spiro atoms. The number of carboxylic acids is 1. The molecule has 2 N–H and O–H groups in total. The van der Waals surface area contributed by atoms with Crippen LogP contribution >= 0.6 is 0 Å². The third kappa shape index (κ3) is 5.51. The van der Waals surface area contributed by atoms with Crippen molar-refractivity contribution in [1.29, 1.82) is 0 Å². The molecular formula is C23H23NO3. The first kappa shape index (κ1) is 18.8. The quantitative estimate of drug-likeness (QED) is 0.641. The number of benzene rings is 3. The Bertz CT molecular complexity index is 848. The third-order valence-corrected chi connectivity index (χ3v) is 4.43. The Morgan fingerprint density at radius 3 is 1.78 bits per heavy atom. The van der Waals surface area contributed by atoms with Crippen LogP contribution in [0.25, 0.3) is 11.1 Å². The fourth-order valence-electron chi connectivity index (χ4n) is 3.04. The van der Waals surface area contributed by atoms with Crippen molar-refractivity contribution in [3.05, 3.63) is 96.1 Å². The number of hydrogen-bond acceptors (Lipinski definition) is 3. The highest BCUT2D eigenvalue weighted by atomic mass is 16.4. The second-order valence-electron chi connectivity index (χ2n) is 6.57. The minimum absolute atomic E-state index is 0.0741. The van der Waals surface area contributed by atoms with Gasteiger partial charge < -0.3 is 10.2 Å². The van der Waals surface area contributed by atoms with Crippen LogP contribution in [0, 0.1) is 0 Å². The van der Waals surface area contributed by atoms with Gasteiger partial charge in [-0.25, -0.2) is 4.79 Å². The van der Waals surface area contributed by atoms with E-state index in [1.807, 2.05) is 65.6 Å². The molecule has 0 radical (unpaired) electrons. The fraction of sp³-hybridized carbons (Fsp3) is 0.174. The summed E-state index contributed by atoms with van der Waals surface area (Å²) in [5.41, 5.74) is 4.45. The first-order chi connectivity index (χ1) is 13.1. The Morgan fingerprint density at radius 2 is 1.22 bits per heavy atom. The average molecular weight is 361 g/mol. The number of carboxylic acid groups (broad SMARTS) is 1. The molecule has 0 aliphatic heterocycles. The molecule has 0 saturated carbocycles. The molecule has 0 aliphatic carbocycles. The number of hydrogen-bond donors (Lipinski definition) is 2. The zero-order chi connectivity index (χ0) is 19.1. The Morgan fingerprint density at radius 1 is 0.741 bits per heavy atom. The normalized spacial score (nSPS) is 12.1. The molecule has 3 aromatic carbocycles. The molecule has 0 fully saturated rings. The minimum atomic E-state index is -1.41. The second kappa shape index (κ2) is 9.12. The molecule has 0 saturated heterocycles. The average Bonchev–Trinajstić information content (AvgIpc) is 2.70. The summed E-state index contributed by atoms with van der Waals surface area (Å²) >= 11 is 0. The van der Waals surface area contributed by atoms with E-state index >= 15 is 0 Å². The summed E-state index contributed by atoms with van der Waals surface area (Å²) in [5, 5.41) is 18.9. The molecule has 0 aliphatic rings. The predicted octanol–water partition coefficient (Wildman–Crippen LogP) is 3.80. The number of rotatable bonds is 8. The monoisotopic (exact) mass is 361 g/mol. The van der Waals surface area contributed by atoms with E-state index in [0.29, 0.717) is 13.1 Å². The SMILES string of the molecule is O=C(O)[C@H](O)CN(Cc1ccccc1)Cc1ccc(-c2ccccc2)cc1. The van der Waals surface area contributed by atoms with Gasteiger partial charge in [0.05, 0.1) is 0 Å². The van der Waals surface area contributed by atoms with Crippen LogP contribution < -0.4 is 0 Å². The van der Waals surface area contributed by atoms with Crippen molar-refractivity contribution in [1.82, 2.24) is 4.90 Å². The molecule has 0 heterocycles. The first-order valence-corrected chi connectivity index (χ1v) is 8.93. The topological polar surface area (TPSA) is 60.8 Å². The maximum Gasteiger partial charge on any atom is 0.333 e. The number of aliphatic hydroxyl groups is 1. The van der Waals surface area contributed by atoms with Crippen molar-refractivity contribution in [2.24, 2.45) is 0 Å². The predicted molar refractivity (Wildman–Crippen MR) is 106 cm³/mol. The van der Waals surface area contributed by atoms with Gasteiger partial charge in [-0.1, -0.05) is 84.9 Å². The number of aliphatic carboxylic acids is 1. The zero-order valence-corrected chi connectivity index (χ0v) is 15.0. The lowest BCUT2D eigenvalue weighted by Crippen LogP contribution is -2.36. The molecule has 27 heavy (non-hydrogen) atoms. The van der Waals surface area contributed by atoms with Gasteiger partial charge in [-0.2, -0.15) is 0 Å². The lowest BCUT2D eigenvalue weighted by Gasteiger charge is -2.24. The van der Waals surface area contributed by atoms with Crippen LogP contribution in [0.4, 0.5) is 0 Å². The van der Waals surface area contributed by atoms with Crippen LogP contribution in [-0.2, 0) is 17.9 Å². The van der Waals surface area contributed by atoms with Gasteiger partial charge in [-0.15, -0.1) is 0 Å². The summed E-state index contributed by atoms with van der Waals surface area (Å²) in [7, 11) is 0. The van der Waals surface area contributed by atoms with Gasteiger partial charge in [0.15, 0.2) is 6.10 Å². The van der Waals surface area contributed by atoms with E-state index < -0.39 is 12.1 Å². The smallest absolute Gasteiger partial charge is 0.333 e. The Hall–Kier alpha value is -2.95. The Balaban J connectivity index is 1.73. The van der Waals surface area contributed by atoms with Gasteiger partial charge in [0.1, 0.15) is 0 Å². The maximum absolute atomic E-state index is 11.1. The van der Waals surface area contributed by atoms with E-state index in [2.05, 4.69) is 24.3 Å². The Kier molecular flexibility index (Phi) is 6.36. The molecule has 4 nitrogen and oxygen atoms in total. The van der Waals surface area contributed by atoms with E-state index in [1.165, 1.54) is 0 Å². The fourth-order valence-corrected chi connectivity index (χ4v) is 3.04. The van der Waals surface area contributed by atoms with Crippen molar-refractivity contribution >= 4 is 5.97 Å². The summed E-state index contributed by atoms with van der Waals surface area (Å²) in [5.74, 6) is -1.20. The van der Waals surface area contributed by atoms with Gasteiger partial charge in [-0.3, -0.25) is 4.90 Å². The largest absolute Gasteiger partial charge is 0.479 e. The van der Waals surface area contributed by atoms with Crippen LogP contribution in [0.3, 0.4) is 0 Å². The van der Waals surface area contributed by atoms with E-state index in [-0.39, 0.29) is 6.54 Å². The minimum Gasteiger partial charge on any atom is -0.479 e. The third-order valence-electron chi connectivity index (χ3n) is 4.43. The zero-order valence-electron chi connectivity index (χ0n) is 15.0. The highest BCUT2D eigenvalue weighted by Crippen LogP contribution is 2.20. The lowest BCUT2D eigenvalue weighted by atomic mass is 10.0. The number of nitrogens with zero attached hydrogens (tertiary/aromatic N) is 1. The van der Waals surface area contributed by atoms with Gasteiger partial charge >= 0.3 is 5.97 Å². The van der Waals surface area contributed by atoms with Gasteiger partial charge in [-0.05, 0) is 22.3 Å². The van der Waals surface area contributed by atoms with E-state index in [0.717, 1.165) is 22.3 Å². The molecule has 0 unspecified atom stereocenters. The van der Waals surface area contributed by atoms with Crippen LogP contribution in [0.1, 0.15) is 11.1 Å². The molecule has 3 aromatic rings. The van der Waals surface area contributed by atoms with Crippen LogP contribution in [-0.4, -0.2) is 33.7 Å². The van der Waals surface area contributed by atoms with E-state index in [1.54, 1.807) is 0 Å². The molecular weight excluding hydrogens is 338 g/mol. The van der Waals surface area contributed by atoms with Crippen molar-refractivity contribution in [2.75, 3.05) is 6.54 Å². The first-order valence-electron chi connectivity index (χ1n) is 8.93. The summed E-state index contributed by atoms with van der Waals surface area (Å²) in [4.78, 5) is 13.0. The summed E-state index contributed by atoms with van der Waals surface area (Å²) in [6, 6.07) is 28.2. The van der Waals surface area contributed by atoms with Crippen LogP contribution in [0.15, 0.2) is 84.9 Å². The Labute approximate surface area is 159 Å². The standard InChI is InChI=1S/C23H23NO3/c25-22(23(26)27)17-24(15-18-7-3-1-4-8-18)16-19-11-13-21(14-12-19)20-9-5-2-6-10-20/h1-14,22,25H,15-17H2,(H,26,27)/t22-/m1/s1. The highest BCUT2D eigenvalue weighted by Gasteiger charge is 2.18. The van der Waals surface area contributed by atoms with Crippen molar-refractivity contribution in [3.8, 4) is 11.1 Å². The second-order valence-corrected chi connectivity index (χ2v) is 6.57. The van der Waals surface area contributed by atoms with E-state index in [4.69, 9.17) is 5.11 Å². The maximum atomic E-state index is 11.1. The van der Waals surface area contributed by atoms with Gasteiger partial charge in [0, 0.05) is 19.6 Å². The molecule has 4 heteroatoms. The molecule has 138 valence electrons. The molecule has 0 amide bonds. The highest BCUT2D eigenvalue weighted by molar-refractivity contribution is 5.72. The van der Waals surface area contributed by atoms with Crippen molar-refractivity contribution in [3.63, 3.8) is 0 Å². The summed E-state index contributed by atoms with van der Waals surface area (Å²) < 4.78 is 0. The summed E-state index contributed by atoms with van der Waals surface area (Å²) in [6.45, 7) is 1.21. The van der Waals surface area contributed by atoms with Gasteiger partial charge in [0.2, 0.25) is 0 Å².